The van der Waals surface area contributed by atoms with Gasteiger partial charge in [0.05, 0.1) is 11.9 Å². The number of oxazole rings is 1. The quantitative estimate of drug-likeness (QED) is 0.669. The van der Waals surface area contributed by atoms with Crippen LogP contribution in [0.5, 0.6) is 0 Å². The van der Waals surface area contributed by atoms with Crippen molar-refractivity contribution in [3.63, 3.8) is 0 Å². The van der Waals surface area contributed by atoms with E-state index in [0.717, 1.165) is 30.6 Å². The minimum absolute atomic E-state index is 0.0500. The number of halogens is 1. The van der Waals surface area contributed by atoms with Crippen LogP contribution in [0.3, 0.4) is 0 Å². The molecule has 146 valence electrons. The largest absolute Gasteiger partial charge is 0.443 e. The molecule has 2 aromatic heterocycles. The van der Waals surface area contributed by atoms with E-state index in [1.807, 2.05) is 36.1 Å². The highest BCUT2D eigenvalue weighted by atomic mass is 35.5. The molecule has 1 aliphatic heterocycles. The van der Waals surface area contributed by atoms with E-state index in [4.69, 9.17) is 21.8 Å². The number of nitrogens with two attached hydrogens (primary N) is 1. The third-order valence-electron chi connectivity index (χ3n) is 4.89. The molecule has 3 aromatic rings. The summed E-state index contributed by atoms with van der Waals surface area (Å²) in [5.74, 6) is 1.29. The Morgan fingerprint density at radius 1 is 1.43 bits per heavy atom. The predicted octanol–water partition coefficient (Wildman–Crippen LogP) is 4.63. The summed E-state index contributed by atoms with van der Waals surface area (Å²) < 4.78 is 6.03. The Balaban J connectivity index is 1.56. The summed E-state index contributed by atoms with van der Waals surface area (Å²) in [4.78, 5) is 24.2. The summed E-state index contributed by atoms with van der Waals surface area (Å²) in [6, 6.07) is 7.51. The summed E-state index contributed by atoms with van der Waals surface area (Å²) in [6.07, 6.45) is 5.17. The van der Waals surface area contributed by atoms with E-state index in [1.54, 1.807) is 6.20 Å². The fraction of sp³-hybridized carbons (Fsp3) is 0.350. The van der Waals surface area contributed by atoms with Crippen LogP contribution in [0.1, 0.15) is 57.9 Å². The molecule has 0 unspecified atom stereocenters. The summed E-state index contributed by atoms with van der Waals surface area (Å²) >= 11 is 7.29. The number of aryl methyl sites for hydroxylation is 1. The molecule has 0 spiro atoms. The van der Waals surface area contributed by atoms with E-state index in [-0.39, 0.29) is 11.9 Å². The smallest absolute Gasteiger partial charge is 0.266 e. The molecular formula is C20H21ClN4O2S. The van der Waals surface area contributed by atoms with E-state index in [2.05, 4.69) is 9.97 Å². The van der Waals surface area contributed by atoms with Crippen LogP contribution in [0.4, 0.5) is 5.13 Å². The Morgan fingerprint density at radius 2 is 2.29 bits per heavy atom. The van der Waals surface area contributed by atoms with Gasteiger partial charge < -0.3 is 15.1 Å². The zero-order chi connectivity index (χ0) is 19.7. The Hall–Kier alpha value is -2.38. The number of nitrogen functional groups attached to an aromatic ring is 1. The summed E-state index contributed by atoms with van der Waals surface area (Å²) in [5, 5.41) is 1.11. The molecule has 0 saturated carbocycles. The molecule has 28 heavy (non-hydrogen) atoms. The standard InChI is InChI=1S/C20H21ClN4O2S/c1-12-17(28-20(22)24-12)19(26)25-8-3-2-7-16(25)18-23-11-15(27-18)10-13-5-4-6-14(21)9-13/h4-6,9,11,16H,2-3,7-8,10H2,1H3,(H2,22,24)/t16-/m1/s1. The van der Waals surface area contributed by atoms with Crippen molar-refractivity contribution in [2.75, 3.05) is 12.3 Å². The zero-order valence-electron chi connectivity index (χ0n) is 15.5. The average molecular weight is 417 g/mol. The molecule has 1 fully saturated rings. The molecule has 0 radical (unpaired) electrons. The van der Waals surface area contributed by atoms with Crippen molar-refractivity contribution in [1.29, 1.82) is 0 Å². The highest BCUT2D eigenvalue weighted by molar-refractivity contribution is 7.17. The highest BCUT2D eigenvalue weighted by Gasteiger charge is 2.33. The summed E-state index contributed by atoms with van der Waals surface area (Å²) in [6.45, 7) is 2.49. The maximum absolute atomic E-state index is 13.1. The van der Waals surface area contributed by atoms with Crippen molar-refractivity contribution in [3.8, 4) is 0 Å². The highest BCUT2D eigenvalue weighted by Crippen LogP contribution is 2.34. The van der Waals surface area contributed by atoms with Crippen LogP contribution >= 0.6 is 22.9 Å². The first-order valence-corrected chi connectivity index (χ1v) is 10.4. The molecule has 1 aliphatic rings. The topological polar surface area (TPSA) is 85.2 Å². The summed E-state index contributed by atoms with van der Waals surface area (Å²) in [7, 11) is 0. The van der Waals surface area contributed by atoms with Gasteiger partial charge in [-0.2, -0.15) is 0 Å². The van der Waals surface area contributed by atoms with E-state index >= 15 is 0 Å². The molecule has 4 rings (SSSR count). The maximum Gasteiger partial charge on any atom is 0.266 e. The van der Waals surface area contributed by atoms with Crippen LogP contribution < -0.4 is 5.73 Å². The summed E-state index contributed by atoms with van der Waals surface area (Å²) in [5.41, 5.74) is 7.51. The lowest BCUT2D eigenvalue weighted by Crippen LogP contribution is -2.38. The van der Waals surface area contributed by atoms with Gasteiger partial charge in [-0.1, -0.05) is 35.1 Å². The fourth-order valence-electron chi connectivity index (χ4n) is 3.58. The van der Waals surface area contributed by atoms with Gasteiger partial charge in [-0.3, -0.25) is 4.79 Å². The number of hydrogen-bond acceptors (Lipinski definition) is 6. The minimum Gasteiger partial charge on any atom is -0.443 e. The van der Waals surface area contributed by atoms with Crippen molar-refractivity contribution in [1.82, 2.24) is 14.9 Å². The molecule has 6 nitrogen and oxygen atoms in total. The van der Waals surface area contributed by atoms with Crippen molar-refractivity contribution < 1.29 is 9.21 Å². The van der Waals surface area contributed by atoms with Crippen LogP contribution in [0.15, 0.2) is 34.9 Å². The lowest BCUT2D eigenvalue weighted by atomic mass is 10.0. The van der Waals surface area contributed by atoms with Crippen LogP contribution in [0.25, 0.3) is 0 Å². The van der Waals surface area contributed by atoms with Crippen molar-refractivity contribution in [3.05, 3.63) is 63.3 Å². The van der Waals surface area contributed by atoms with Gasteiger partial charge in [0.15, 0.2) is 5.13 Å². The molecule has 1 atom stereocenters. The van der Waals surface area contributed by atoms with Gasteiger partial charge in [-0.25, -0.2) is 9.97 Å². The molecule has 0 aliphatic carbocycles. The van der Waals surface area contributed by atoms with Crippen LogP contribution in [0, 0.1) is 6.92 Å². The lowest BCUT2D eigenvalue weighted by Gasteiger charge is -2.33. The number of likely N-dealkylation sites (tertiary alicyclic amines) is 1. The van der Waals surface area contributed by atoms with Crippen LogP contribution in [0.2, 0.25) is 5.02 Å². The normalized spacial score (nSPS) is 17.1. The number of aromatic nitrogens is 2. The lowest BCUT2D eigenvalue weighted by molar-refractivity contribution is 0.0574. The first-order chi connectivity index (χ1) is 13.5. The van der Waals surface area contributed by atoms with E-state index < -0.39 is 0 Å². The first-order valence-electron chi connectivity index (χ1n) is 9.24. The van der Waals surface area contributed by atoms with E-state index in [1.165, 1.54) is 11.3 Å². The predicted molar refractivity (Wildman–Crippen MR) is 110 cm³/mol. The third kappa shape index (κ3) is 3.91. The number of thiazole rings is 1. The molecule has 3 heterocycles. The van der Waals surface area contributed by atoms with Crippen molar-refractivity contribution >= 4 is 34.0 Å². The molecular weight excluding hydrogens is 396 g/mol. The third-order valence-corrected chi connectivity index (χ3v) is 6.10. The van der Waals surface area contributed by atoms with Gasteiger partial charge in [-0.15, -0.1) is 0 Å². The Morgan fingerprint density at radius 3 is 3.04 bits per heavy atom. The van der Waals surface area contributed by atoms with Crippen molar-refractivity contribution in [2.24, 2.45) is 0 Å². The number of benzene rings is 1. The fourth-order valence-corrected chi connectivity index (χ4v) is 4.59. The first kappa shape index (κ1) is 19.0. The molecule has 2 N–H and O–H groups in total. The Kier molecular flexibility index (Phi) is 5.37. The number of nitrogens with zero attached hydrogens (tertiary/aromatic N) is 3. The zero-order valence-corrected chi connectivity index (χ0v) is 17.1. The number of anilines is 1. The SMILES string of the molecule is Cc1nc(N)sc1C(=O)N1CCCC[C@@H]1c1ncc(Cc2cccc(Cl)c2)o1. The van der Waals surface area contributed by atoms with Gasteiger partial charge in [0, 0.05) is 18.0 Å². The van der Waals surface area contributed by atoms with Gasteiger partial charge in [0.2, 0.25) is 5.89 Å². The Bertz CT molecular complexity index is 1000. The number of rotatable bonds is 4. The molecule has 1 amide bonds. The number of amides is 1. The van der Waals surface area contributed by atoms with Gasteiger partial charge >= 0.3 is 0 Å². The van der Waals surface area contributed by atoms with E-state index in [0.29, 0.717) is 39.6 Å². The number of piperidine rings is 1. The van der Waals surface area contributed by atoms with Crippen molar-refractivity contribution in [2.45, 2.75) is 38.6 Å². The number of hydrogen-bond donors (Lipinski definition) is 1. The molecule has 8 heteroatoms. The van der Waals surface area contributed by atoms with Gasteiger partial charge in [0.25, 0.3) is 5.91 Å². The molecule has 1 saturated heterocycles. The van der Waals surface area contributed by atoms with E-state index in [9.17, 15) is 4.79 Å². The maximum atomic E-state index is 13.1. The average Bonchev–Trinajstić information content (AvgIpc) is 3.27. The van der Waals surface area contributed by atoms with Gasteiger partial charge in [0.1, 0.15) is 16.7 Å². The van der Waals surface area contributed by atoms with Crippen LogP contribution in [-0.2, 0) is 6.42 Å². The number of carbonyl (C=O) groups excluding carboxylic acids is 1. The molecule has 1 aromatic carbocycles. The Labute approximate surface area is 172 Å². The number of carbonyl (C=O) groups is 1. The second-order valence-electron chi connectivity index (χ2n) is 6.95. The second kappa shape index (κ2) is 7.93. The monoisotopic (exact) mass is 416 g/mol. The molecule has 0 bridgehead atoms. The second-order valence-corrected chi connectivity index (χ2v) is 8.42. The van der Waals surface area contributed by atoms with Crippen LogP contribution in [-0.4, -0.2) is 27.3 Å². The minimum atomic E-state index is -0.169. The van der Waals surface area contributed by atoms with Gasteiger partial charge in [-0.05, 0) is 43.9 Å².